The second-order valence-corrected chi connectivity index (χ2v) is 10.9. The van der Waals surface area contributed by atoms with Gasteiger partial charge in [0.05, 0.1) is 10.6 Å². The molecule has 0 saturated heterocycles. The fourth-order valence-corrected chi connectivity index (χ4v) is 5.25. The topological polar surface area (TPSA) is 86.8 Å². The molecule has 1 atom stereocenters. The number of aryl methyl sites for hydroxylation is 3. The molecule has 1 N–H and O–H groups in total. The maximum atomic E-state index is 14.5. The first-order chi connectivity index (χ1) is 17.4. The van der Waals surface area contributed by atoms with Crippen molar-refractivity contribution < 1.29 is 22.4 Å². The number of likely N-dealkylation sites (N-methyl/N-ethyl adjacent to an activating group) is 1. The molecule has 0 radical (unpaired) electrons. The zero-order valence-corrected chi connectivity index (χ0v) is 22.5. The largest absolute Gasteiger partial charge is 0.357 e. The highest BCUT2D eigenvalue weighted by atomic mass is 32.2. The Morgan fingerprint density at radius 3 is 2.19 bits per heavy atom. The molecule has 0 fully saturated rings. The molecule has 3 aromatic carbocycles. The predicted octanol–water partition coefficient (Wildman–Crippen LogP) is 4.11. The van der Waals surface area contributed by atoms with Crippen molar-refractivity contribution in [1.29, 1.82) is 0 Å². The highest BCUT2D eigenvalue weighted by Gasteiger charge is 2.32. The number of carbonyl (C=O) groups excluding carboxylic acids is 2. The summed E-state index contributed by atoms with van der Waals surface area (Å²) in [6.45, 7) is 6.36. The standard InChI is InChI=1S/C28H32FN3O4S/c1-19-10-14-25(15-11-19)37(35,36)32(24-13-12-20(2)21(3)16-24)18-27(33)31(22(4)28(34)30-5)17-23-8-6-7-9-26(23)29/h6-16,22H,17-18H2,1-5H3,(H,30,34)/t22-/m1/s1. The average molecular weight is 526 g/mol. The van der Waals surface area contributed by atoms with E-state index in [0.29, 0.717) is 5.69 Å². The lowest BCUT2D eigenvalue weighted by atomic mass is 10.1. The minimum absolute atomic E-state index is 0.0316. The van der Waals surface area contributed by atoms with Crippen molar-refractivity contribution in [3.05, 3.63) is 94.8 Å². The first-order valence-corrected chi connectivity index (χ1v) is 13.3. The molecule has 0 aliphatic heterocycles. The summed E-state index contributed by atoms with van der Waals surface area (Å²) in [6.07, 6.45) is 0. The molecule has 37 heavy (non-hydrogen) atoms. The van der Waals surface area contributed by atoms with Crippen LogP contribution in [0.4, 0.5) is 10.1 Å². The van der Waals surface area contributed by atoms with Crippen molar-refractivity contribution in [1.82, 2.24) is 10.2 Å². The number of nitrogens with zero attached hydrogens (tertiary/aromatic N) is 2. The van der Waals surface area contributed by atoms with Crippen LogP contribution < -0.4 is 9.62 Å². The monoisotopic (exact) mass is 525 g/mol. The van der Waals surface area contributed by atoms with Crippen LogP contribution in [0.1, 0.15) is 29.2 Å². The van der Waals surface area contributed by atoms with Gasteiger partial charge in [-0.2, -0.15) is 0 Å². The summed E-state index contributed by atoms with van der Waals surface area (Å²) < 4.78 is 43.1. The smallest absolute Gasteiger partial charge is 0.264 e. The number of hydrogen-bond acceptors (Lipinski definition) is 4. The van der Waals surface area contributed by atoms with E-state index in [4.69, 9.17) is 0 Å². The van der Waals surface area contributed by atoms with Crippen LogP contribution in [-0.4, -0.2) is 44.8 Å². The van der Waals surface area contributed by atoms with Gasteiger partial charge in [0.1, 0.15) is 18.4 Å². The van der Waals surface area contributed by atoms with Gasteiger partial charge in [0.15, 0.2) is 0 Å². The molecule has 0 aromatic heterocycles. The number of rotatable bonds is 9. The molecule has 0 aliphatic rings. The van der Waals surface area contributed by atoms with E-state index in [-0.39, 0.29) is 17.0 Å². The Morgan fingerprint density at radius 1 is 0.946 bits per heavy atom. The lowest BCUT2D eigenvalue weighted by molar-refractivity contribution is -0.139. The molecular weight excluding hydrogens is 493 g/mol. The van der Waals surface area contributed by atoms with Gasteiger partial charge < -0.3 is 10.2 Å². The summed E-state index contributed by atoms with van der Waals surface area (Å²) in [6, 6.07) is 16.5. The lowest BCUT2D eigenvalue weighted by Gasteiger charge is -2.32. The SMILES string of the molecule is CNC(=O)[C@@H](C)N(Cc1ccccc1F)C(=O)CN(c1ccc(C)c(C)c1)S(=O)(=O)c1ccc(C)cc1. The van der Waals surface area contributed by atoms with Crippen LogP contribution >= 0.6 is 0 Å². The van der Waals surface area contributed by atoms with E-state index in [2.05, 4.69) is 5.32 Å². The molecule has 0 unspecified atom stereocenters. The van der Waals surface area contributed by atoms with Crippen molar-refractivity contribution >= 4 is 27.5 Å². The first-order valence-electron chi connectivity index (χ1n) is 11.9. The zero-order chi connectivity index (χ0) is 27.3. The van der Waals surface area contributed by atoms with E-state index in [1.54, 1.807) is 36.4 Å². The molecule has 7 nitrogen and oxygen atoms in total. The van der Waals surface area contributed by atoms with Crippen molar-refractivity contribution in [3.63, 3.8) is 0 Å². The Labute approximate surface area is 218 Å². The Morgan fingerprint density at radius 2 is 1.59 bits per heavy atom. The van der Waals surface area contributed by atoms with E-state index in [1.807, 2.05) is 20.8 Å². The number of carbonyl (C=O) groups is 2. The van der Waals surface area contributed by atoms with Crippen LogP contribution in [0.3, 0.4) is 0 Å². The third-order valence-corrected chi connectivity index (χ3v) is 8.17. The van der Waals surface area contributed by atoms with E-state index in [9.17, 15) is 22.4 Å². The van der Waals surface area contributed by atoms with Gasteiger partial charge in [-0.05, 0) is 69.2 Å². The Bertz CT molecular complexity index is 1390. The fraction of sp³-hybridized carbons (Fsp3) is 0.286. The minimum Gasteiger partial charge on any atom is -0.357 e. The first kappa shape index (κ1) is 27.9. The van der Waals surface area contributed by atoms with Crippen molar-refractivity contribution in [2.24, 2.45) is 0 Å². The second-order valence-electron chi connectivity index (χ2n) is 9.00. The van der Waals surface area contributed by atoms with Gasteiger partial charge in [-0.3, -0.25) is 13.9 Å². The molecule has 0 bridgehead atoms. The molecule has 0 aliphatic carbocycles. The van der Waals surface area contributed by atoms with E-state index >= 15 is 0 Å². The molecule has 196 valence electrons. The summed E-state index contributed by atoms with van der Waals surface area (Å²) in [5.74, 6) is -1.63. The average Bonchev–Trinajstić information content (AvgIpc) is 2.87. The number of hydrogen-bond donors (Lipinski definition) is 1. The normalized spacial score (nSPS) is 12.1. The number of halogens is 1. The predicted molar refractivity (Wildman–Crippen MR) is 142 cm³/mol. The Hall–Kier alpha value is -3.72. The van der Waals surface area contributed by atoms with Crippen molar-refractivity contribution in [3.8, 4) is 0 Å². The van der Waals surface area contributed by atoms with Crippen LogP contribution in [-0.2, 0) is 26.2 Å². The highest BCUT2D eigenvalue weighted by molar-refractivity contribution is 7.92. The molecule has 3 aromatic rings. The molecule has 0 spiro atoms. The summed E-state index contributed by atoms with van der Waals surface area (Å²) >= 11 is 0. The van der Waals surface area contributed by atoms with Gasteiger partial charge in [-0.15, -0.1) is 0 Å². The fourth-order valence-electron chi connectivity index (χ4n) is 3.85. The van der Waals surface area contributed by atoms with Crippen LogP contribution in [0, 0.1) is 26.6 Å². The summed E-state index contributed by atoms with van der Waals surface area (Å²) in [4.78, 5) is 27.4. The van der Waals surface area contributed by atoms with Gasteiger partial charge in [0.25, 0.3) is 10.0 Å². The highest BCUT2D eigenvalue weighted by Crippen LogP contribution is 2.27. The number of nitrogens with one attached hydrogen (secondary N) is 1. The van der Waals surface area contributed by atoms with Gasteiger partial charge in [-0.1, -0.05) is 42.0 Å². The number of anilines is 1. The van der Waals surface area contributed by atoms with Gasteiger partial charge in [0.2, 0.25) is 11.8 Å². The summed E-state index contributed by atoms with van der Waals surface area (Å²) in [5, 5.41) is 2.50. The lowest BCUT2D eigenvalue weighted by Crippen LogP contribution is -2.50. The van der Waals surface area contributed by atoms with Crippen LogP contribution in [0.15, 0.2) is 71.6 Å². The number of amides is 2. The van der Waals surface area contributed by atoms with Gasteiger partial charge in [-0.25, -0.2) is 12.8 Å². The molecule has 0 saturated carbocycles. The Kier molecular flexibility index (Phi) is 8.70. The van der Waals surface area contributed by atoms with E-state index in [1.165, 1.54) is 49.2 Å². The van der Waals surface area contributed by atoms with Crippen molar-refractivity contribution in [2.75, 3.05) is 17.9 Å². The maximum absolute atomic E-state index is 14.5. The Balaban J connectivity index is 2.07. The number of benzene rings is 3. The zero-order valence-electron chi connectivity index (χ0n) is 21.7. The third kappa shape index (κ3) is 6.35. The van der Waals surface area contributed by atoms with Crippen LogP contribution in [0.25, 0.3) is 0 Å². The minimum atomic E-state index is -4.15. The molecule has 9 heteroatoms. The summed E-state index contributed by atoms with van der Waals surface area (Å²) in [5.41, 5.74) is 3.25. The molecule has 3 rings (SSSR count). The van der Waals surface area contributed by atoms with Gasteiger partial charge in [0, 0.05) is 19.2 Å². The third-order valence-electron chi connectivity index (χ3n) is 6.38. The van der Waals surface area contributed by atoms with Gasteiger partial charge >= 0.3 is 0 Å². The van der Waals surface area contributed by atoms with Crippen molar-refractivity contribution in [2.45, 2.75) is 45.2 Å². The summed E-state index contributed by atoms with van der Waals surface area (Å²) in [7, 11) is -2.71. The molecular formula is C28H32FN3O4S. The quantitative estimate of drug-likeness (QED) is 0.456. The molecule has 2 amide bonds. The second kappa shape index (κ2) is 11.6. The van der Waals surface area contributed by atoms with Crippen LogP contribution in [0.5, 0.6) is 0 Å². The van der Waals surface area contributed by atoms with Crippen LogP contribution in [0.2, 0.25) is 0 Å². The number of sulfonamides is 1. The maximum Gasteiger partial charge on any atom is 0.264 e. The van der Waals surface area contributed by atoms with E-state index in [0.717, 1.165) is 21.0 Å². The molecule has 0 heterocycles. The van der Waals surface area contributed by atoms with E-state index < -0.39 is 40.2 Å².